The highest BCUT2D eigenvalue weighted by Gasteiger charge is 2.24. The van der Waals surface area contributed by atoms with Gasteiger partial charge in [-0.15, -0.1) is 10.2 Å². The summed E-state index contributed by atoms with van der Waals surface area (Å²) in [5.41, 5.74) is 5.60. The van der Waals surface area contributed by atoms with Gasteiger partial charge in [-0.3, -0.25) is 0 Å². The summed E-state index contributed by atoms with van der Waals surface area (Å²) >= 11 is 0. The molecule has 2 aromatic rings. The Labute approximate surface area is 108 Å². The van der Waals surface area contributed by atoms with E-state index in [1.54, 1.807) is 0 Å². The van der Waals surface area contributed by atoms with Gasteiger partial charge < -0.3 is 5.73 Å². The summed E-state index contributed by atoms with van der Waals surface area (Å²) in [5.74, 6) is -0.741. The van der Waals surface area contributed by atoms with Crippen molar-refractivity contribution in [1.29, 1.82) is 0 Å². The van der Waals surface area contributed by atoms with E-state index in [1.807, 2.05) is 0 Å². The molecule has 1 aromatic heterocycles. The summed E-state index contributed by atoms with van der Waals surface area (Å²) in [6.07, 6.45) is 0. The lowest BCUT2D eigenvalue weighted by Crippen LogP contribution is -2.28. The maximum atomic E-state index is 13.5. The number of rotatable bonds is 4. The number of benzene rings is 1. The fourth-order valence-electron chi connectivity index (χ4n) is 1.43. The van der Waals surface area contributed by atoms with Crippen LogP contribution in [0.5, 0.6) is 0 Å². The molecule has 1 atom stereocenters. The van der Waals surface area contributed by atoms with Crippen LogP contribution in [0.3, 0.4) is 0 Å². The second kappa shape index (κ2) is 4.90. The van der Waals surface area contributed by atoms with E-state index in [0.717, 1.165) is 12.1 Å². The van der Waals surface area contributed by atoms with E-state index in [4.69, 9.17) is 5.73 Å². The molecule has 0 fully saturated rings. The third-order valence-electron chi connectivity index (χ3n) is 2.33. The van der Waals surface area contributed by atoms with Gasteiger partial charge >= 0.3 is 0 Å². The normalized spacial score (nSPS) is 13.4. The molecular weight excluding hydrogens is 275 g/mol. The highest BCUT2D eigenvalue weighted by molar-refractivity contribution is 7.89. The number of nitrogen functional groups attached to an aromatic ring is 1. The molecule has 102 valence electrons. The van der Waals surface area contributed by atoms with Gasteiger partial charge in [-0.25, -0.2) is 17.5 Å². The van der Waals surface area contributed by atoms with Gasteiger partial charge in [0.1, 0.15) is 10.7 Å². The first kappa shape index (κ1) is 13.4. The second-order valence-corrected chi connectivity index (χ2v) is 5.49. The predicted molar refractivity (Wildman–Crippen MR) is 63.7 cm³/mol. The molecule has 0 saturated carbocycles. The number of tetrazole rings is 1. The van der Waals surface area contributed by atoms with Crippen molar-refractivity contribution >= 4 is 15.7 Å². The topological polar surface area (TPSA) is 127 Å². The first-order chi connectivity index (χ1) is 8.90. The summed E-state index contributed by atoms with van der Waals surface area (Å²) in [6.45, 7) is 1.51. The monoisotopic (exact) mass is 286 g/mol. The minimum atomic E-state index is -4.07. The highest BCUT2D eigenvalue weighted by atomic mass is 32.2. The molecule has 0 bridgehead atoms. The molecule has 0 radical (unpaired) electrons. The van der Waals surface area contributed by atoms with Crippen LogP contribution in [0.4, 0.5) is 10.1 Å². The minimum absolute atomic E-state index is 0.146. The summed E-state index contributed by atoms with van der Waals surface area (Å²) in [5, 5.41) is 12.8. The second-order valence-electron chi connectivity index (χ2n) is 3.80. The van der Waals surface area contributed by atoms with Crippen molar-refractivity contribution in [3.63, 3.8) is 0 Å². The Morgan fingerprint density at radius 1 is 1.47 bits per heavy atom. The lowest BCUT2D eigenvalue weighted by molar-refractivity contribution is 0.542. The van der Waals surface area contributed by atoms with Gasteiger partial charge in [0.15, 0.2) is 5.82 Å². The summed E-state index contributed by atoms with van der Waals surface area (Å²) < 4.78 is 39.8. The summed E-state index contributed by atoms with van der Waals surface area (Å²) in [4.78, 5) is -0.525. The van der Waals surface area contributed by atoms with Crippen molar-refractivity contribution in [3.05, 3.63) is 29.8 Å². The molecule has 0 aliphatic carbocycles. The van der Waals surface area contributed by atoms with E-state index in [1.165, 1.54) is 13.0 Å². The molecule has 0 spiro atoms. The largest absolute Gasteiger partial charge is 0.399 e. The Morgan fingerprint density at radius 2 is 2.21 bits per heavy atom. The zero-order chi connectivity index (χ0) is 14.0. The van der Waals surface area contributed by atoms with Gasteiger partial charge in [-0.1, -0.05) is 5.21 Å². The maximum absolute atomic E-state index is 13.5. The number of hydrogen-bond acceptors (Lipinski definition) is 6. The highest BCUT2D eigenvalue weighted by Crippen LogP contribution is 2.19. The number of aromatic nitrogens is 4. The quantitative estimate of drug-likeness (QED) is 0.677. The first-order valence-electron chi connectivity index (χ1n) is 5.21. The molecule has 8 nitrogen and oxygen atoms in total. The van der Waals surface area contributed by atoms with Crippen LogP contribution in [-0.4, -0.2) is 29.0 Å². The number of nitrogens with zero attached hydrogens (tertiary/aromatic N) is 3. The van der Waals surface area contributed by atoms with Crippen LogP contribution in [0.2, 0.25) is 0 Å². The first-order valence-corrected chi connectivity index (χ1v) is 6.69. The van der Waals surface area contributed by atoms with Crippen LogP contribution in [0.25, 0.3) is 0 Å². The molecule has 0 aliphatic heterocycles. The number of anilines is 1. The van der Waals surface area contributed by atoms with Gasteiger partial charge in [0.25, 0.3) is 0 Å². The Hall–Kier alpha value is -2.07. The number of sulfonamides is 1. The number of H-pyrrole nitrogens is 1. The van der Waals surface area contributed by atoms with Crippen LogP contribution in [0.1, 0.15) is 18.8 Å². The Kier molecular flexibility index (Phi) is 3.44. The smallest absolute Gasteiger partial charge is 0.244 e. The zero-order valence-electron chi connectivity index (χ0n) is 9.83. The minimum Gasteiger partial charge on any atom is -0.399 e. The number of aromatic amines is 1. The predicted octanol–water partition coefficient (Wildman–Crippen LogP) is -0.0395. The van der Waals surface area contributed by atoms with Crippen molar-refractivity contribution in [3.8, 4) is 0 Å². The Balaban J connectivity index is 2.30. The standard InChI is InChI=1S/C9H11FN6O2S/c1-5(9-12-15-16-13-9)14-19(17,18)8-4-6(11)2-3-7(8)10/h2-5,14H,11H2,1H3,(H,12,13,15,16). The van der Waals surface area contributed by atoms with Crippen molar-refractivity contribution < 1.29 is 12.8 Å². The average Bonchev–Trinajstić information content (AvgIpc) is 2.85. The van der Waals surface area contributed by atoms with Crippen molar-refractivity contribution in [2.45, 2.75) is 17.9 Å². The molecule has 1 aromatic carbocycles. The summed E-state index contributed by atoms with van der Waals surface area (Å²) in [6, 6.07) is 2.55. The Morgan fingerprint density at radius 3 is 2.84 bits per heavy atom. The molecule has 0 aliphatic rings. The number of halogens is 1. The molecular formula is C9H11FN6O2S. The van der Waals surface area contributed by atoms with Crippen LogP contribution >= 0.6 is 0 Å². The molecule has 0 amide bonds. The SMILES string of the molecule is CC(NS(=O)(=O)c1cc(N)ccc1F)c1nn[nH]n1. The molecule has 19 heavy (non-hydrogen) atoms. The molecule has 1 unspecified atom stereocenters. The van der Waals surface area contributed by atoms with Crippen LogP contribution in [0, 0.1) is 5.82 Å². The zero-order valence-corrected chi connectivity index (χ0v) is 10.6. The van der Waals surface area contributed by atoms with Crippen LogP contribution < -0.4 is 10.5 Å². The average molecular weight is 286 g/mol. The van der Waals surface area contributed by atoms with Gasteiger partial charge in [0.2, 0.25) is 10.0 Å². The van der Waals surface area contributed by atoms with E-state index >= 15 is 0 Å². The van der Waals surface area contributed by atoms with Crippen molar-refractivity contribution in [2.75, 3.05) is 5.73 Å². The fourth-order valence-corrected chi connectivity index (χ4v) is 2.74. The maximum Gasteiger partial charge on any atom is 0.244 e. The van der Waals surface area contributed by atoms with E-state index < -0.39 is 26.8 Å². The number of nitrogens with one attached hydrogen (secondary N) is 2. The lowest BCUT2D eigenvalue weighted by atomic mass is 10.3. The third-order valence-corrected chi connectivity index (χ3v) is 3.88. The van der Waals surface area contributed by atoms with Gasteiger partial charge in [-0.2, -0.15) is 5.21 Å². The van der Waals surface area contributed by atoms with Crippen LogP contribution in [0.15, 0.2) is 23.1 Å². The van der Waals surface area contributed by atoms with E-state index in [9.17, 15) is 12.8 Å². The van der Waals surface area contributed by atoms with E-state index in [2.05, 4.69) is 25.3 Å². The van der Waals surface area contributed by atoms with Gasteiger partial charge in [0, 0.05) is 5.69 Å². The van der Waals surface area contributed by atoms with Gasteiger partial charge in [0.05, 0.1) is 6.04 Å². The van der Waals surface area contributed by atoms with Gasteiger partial charge in [-0.05, 0) is 25.1 Å². The molecule has 4 N–H and O–H groups in total. The molecule has 1 heterocycles. The molecule has 10 heteroatoms. The van der Waals surface area contributed by atoms with E-state index in [-0.39, 0.29) is 11.5 Å². The molecule has 2 rings (SSSR count). The third kappa shape index (κ3) is 2.85. The van der Waals surface area contributed by atoms with Crippen molar-refractivity contribution in [1.82, 2.24) is 25.3 Å². The molecule has 0 saturated heterocycles. The lowest BCUT2D eigenvalue weighted by Gasteiger charge is -2.11. The van der Waals surface area contributed by atoms with Crippen molar-refractivity contribution in [2.24, 2.45) is 0 Å². The Bertz CT molecular complexity index is 672. The van der Waals surface area contributed by atoms with Crippen LogP contribution in [-0.2, 0) is 10.0 Å². The number of nitrogens with two attached hydrogens (primary N) is 1. The number of hydrogen-bond donors (Lipinski definition) is 3. The fraction of sp³-hybridized carbons (Fsp3) is 0.222. The summed E-state index contributed by atoms with van der Waals surface area (Å²) in [7, 11) is -4.07. The van der Waals surface area contributed by atoms with E-state index in [0.29, 0.717) is 0 Å².